The SMILES string of the molecule is O=C1C[C@H](Cc2ccc(C(=O)Nc3ccc4ncccc4c3)cc2)C(=O)N1. The Bertz CT molecular complexity index is 1040. The van der Waals surface area contributed by atoms with Crippen LogP contribution in [0.25, 0.3) is 10.9 Å². The van der Waals surface area contributed by atoms with Gasteiger partial charge in [0.1, 0.15) is 0 Å². The Kier molecular flexibility index (Phi) is 4.38. The van der Waals surface area contributed by atoms with Gasteiger partial charge in [-0.2, -0.15) is 0 Å². The van der Waals surface area contributed by atoms with Crippen molar-refractivity contribution in [2.45, 2.75) is 12.8 Å². The van der Waals surface area contributed by atoms with Crippen molar-refractivity contribution < 1.29 is 14.4 Å². The number of hydrogen-bond donors (Lipinski definition) is 2. The van der Waals surface area contributed by atoms with Crippen molar-refractivity contribution in [3.05, 3.63) is 71.9 Å². The number of hydrogen-bond acceptors (Lipinski definition) is 4. The third kappa shape index (κ3) is 3.69. The van der Waals surface area contributed by atoms with Crippen LogP contribution in [0.1, 0.15) is 22.3 Å². The van der Waals surface area contributed by atoms with Crippen LogP contribution in [0.15, 0.2) is 60.8 Å². The number of anilines is 1. The minimum absolute atomic E-state index is 0.210. The number of fused-ring (bicyclic) bond motifs is 1. The first-order valence-electron chi connectivity index (χ1n) is 8.67. The molecule has 2 N–H and O–H groups in total. The zero-order valence-electron chi connectivity index (χ0n) is 14.4. The topological polar surface area (TPSA) is 88.2 Å². The van der Waals surface area contributed by atoms with Crippen LogP contribution in [0.4, 0.5) is 5.69 Å². The van der Waals surface area contributed by atoms with E-state index in [1.54, 1.807) is 18.3 Å². The van der Waals surface area contributed by atoms with Crippen molar-refractivity contribution >= 4 is 34.3 Å². The number of carbonyl (C=O) groups is 3. The van der Waals surface area contributed by atoms with Crippen molar-refractivity contribution in [2.24, 2.45) is 5.92 Å². The summed E-state index contributed by atoms with van der Waals surface area (Å²) in [6, 6.07) is 16.4. The molecule has 1 aliphatic rings. The zero-order chi connectivity index (χ0) is 18.8. The number of imide groups is 1. The van der Waals surface area contributed by atoms with Gasteiger partial charge in [-0.3, -0.25) is 24.7 Å². The smallest absolute Gasteiger partial charge is 0.255 e. The van der Waals surface area contributed by atoms with Crippen LogP contribution in [-0.4, -0.2) is 22.7 Å². The summed E-state index contributed by atoms with van der Waals surface area (Å²) in [5.41, 5.74) is 3.01. The highest BCUT2D eigenvalue weighted by molar-refractivity contribution is 6.05. The Hall–Kier alpha value is -3.54. The van der Waals surface area contributed by atoms with Crippen molar-refractivity contribution in [1.82, 2.24) is 10.3 Å². The van der Waals surface area contributed by atoms with E-state index in [4.69, 9.17) is 0 Å². The van der Waals surface area contributed by atoms with Crippen LogP contribution in [0.2, 0.25) is 0 Å². The molecule has 134 valence electrons. The fourth-order valence-electron chi connectivity index (χ4n) is 3.21. The van der Waals surface area contributed by atoms with E-state index in [1.165, 1.54) is 0 Å². The molecule has 0 bridgehead atoms. The van der Waals surface area contributed by atoms with Gasteiger partial charge < -0.3 is 5.32 Å². The highest BCUT2D eigenvalue weighted by Gasteiger charge is 2.30. The molecule has 6 heteroatoms. The lowest BCUT2D eigenvalue weighted by molar-refractivity contribution is -0.125. The monoisotopic (exact) mass is 359 g/mol. The van der Waals surface area contributed by atoms with E-state index in [-0.39, 0.29) is 30.1 Å². The molecular formula is C21H17N3O3. The first kappa shape index (κ1) is 16.9. The molecule has 0 aliphatic carbocycles. The Morgan fingerprint density at radius 3 is 2.67 bits per heavy atom. The summed E-state index contributed by atoms with van der Waals surface area (Å²) in [5, 5.41) is 6.14. The number of pyridine rings is 1. The lowest BCUT2D eigenvalue weighted by atomic mass is 9.97. The lowest BCUT2D eigenvalue weighted by Gasteiger charge is -2.09. The first-order chi connectivity index (χ1) is 13.1. The maximum atomic E-state index is 12.5. The van der Waals surface area contributed by atoms with Crippen molar-refractivity contribution in [2.75, 3.05) is 5.32 Å². The third-order valence-corrected chi connectivity index (χ3v) is 4.62. The highest BCUT2D eigenvalue weighted by atomic mass is 16.2. The molecule has 3 aromatic rings. The third-order valence-electron chi connectivity index (χ3n) is 4.62. The average Bonchev–Trinajstić information content (AvgIpc) is 2.99. The van der Waals surface area contributed by atoms with Crippen LogP contribution in [0.3, 0.4) is 0 Å². The summed E-state index contributed by atoms with van der Waals surface area (Å²) in [6.45, 7) is 0. The Morgan fingerprint density at radius 2 is 1.93 bits per heavy atom. The normalized spacial score (nSPS) is 16.4. The van der Waals surface area contributed by atoms with Gasteiger partial charge in [0.05, 0.1) is 11.4 Å². The molecule has 3 amide bonds. The van der Waals surface area contributed by atoms with Crippen LogP contribution in [0.5, 0.6) is 0 Å². The van der Waals surface area contributed by atoms with E-state index in [9.17, 15) is 14.4 Å². The summed E-state index contributed by atoms with van der Waals surface area (Å²) in [6.07, 6.45) is 2.43. The standard InChI is InChI=1S/C21H17N3O3/c25-19-12-16(21(27)24-19)10-13-3-5-14(6-4-13)20(26)23-17-7-8-18-15(11-17)2-1-9-22-18/h1-9,11,16H,10,12H2,(H,23,26)(H,24,25,27)/t16-/m0/s1. The first-order valence-corrected chi connectivity index (χ1v) is 8.67. The van der Waals surface area contributed by atoms with Crippen molar-refractivity contribution in [1.29, 1.82) is 0 Å². The number of amides is 3. The quantitative estimate of drug-likeness (QED) is 0.701. The maximum Gasteiger partial charge on any atom is 0.255 e. The number of carbonyl (C=O) groups excluding carboxylic acids is 3. The van der Waals surface area contributed by atoms with Gasteiger partial charge in [0, 0.05) is 29.3 Å². The molecule has 1 aromatic heterocycles. The summed E-state index contributed by atoms with van der Waals surface area (Å²) >= 11 is 0. The number of benzene rings is 2. The predicted molar refractivity (Wildman–Crippen MR) is 101 cm³/mol. The molecule has 1 aliphatic heterocycles. The number of nitrogens with one attached hydrogen (secondary N) is 2. The number of aromatic nitrogens is 1. The Morgan fingerprint density at radius 1 is 1.11 bits per heavy atom. The van der Waals surface area contributed by atoms with E-state index in [2.05, 4.69) is 15.6 Å². The molecule has 6 nitrogen and oxygen atoms in total. The van der Waals surface area contributed by atoms with E-state index in [1.807, 2.05) is 42.5 Å². The maximum absolute atomic E-state index is 12.5. The Labute approximate surface area is 155 Å². The van der Waals surface area contributed by atoms with Gasteiger partial charge in [0.25, 0.3) is 5.91 Å². The molecule has 27 heavy (non-hydrogen) atoms. The molecule has 1 saturated heterocycles. The fourth-order valence-corrected chi connectivity index (χ4v) is 3.21. The minimum atomic E-state index is -0.330. The highest BCUT2D eigenvalue weighted by Crippen LogP contribution is 2.20. The van der Waals surface area contributed by atoms with Gasteiger partial charge in [0.2, 0.25) is 11.8 Å². The number of rotatable bonds is 4. The second-order valence-electron chi connectivity index (χ2n) is 6.58. The second-order valence-corrected chi connectivity index (χ2v) is 6.58. The van der Waals surface area contributed by atoms with E-state index >= 15 is 0 Å². The van der Waals surface area contributed by atoms with Gasteiger partial charge in [-0.05, 0) is 48.4 Å². The van der Waals surface area contributed by atoms with E-state index in [0.717, 1.165) is 16.5 Å². The van der Waals surface area contributed by atoms with Gasteiger partial charge in [0.15, 0.2) is 0 Å². The average molecular weight is 359 g/mol. The molecule has 2 heterocycles. The van der Waals surface area contributed by atoms with Crippen LogP contribution in [0, 0.1) is 5.92 Å². The molecular weight excluding hydrogens is 342 g/mol. The molecule has 0 spiro atoms. The summed E-state index contributed by atoms with van der Waals surface area (Å²) in [4.78, 5) is 39.6. The predicted octanol–water partition coefficient (Wildman–Crippen LogP) is 2.69. The van der Waals surface area contributed by atoms with Gasteiger partial charge in [-0.1, -0.05) is 18.2 Å². The fraction of sp³-hybridized carbons (Fsp3) is 0.143. The second kappa shape index (κ2) is 6.99. The number of nitrogens with zero attached hydrogens (tertiary/aromatic N) is 1. The lowest BCUT2D eigenvalue weighted by Crippen LogP contribution is -2.22. The van der Waals surface area contributed by atoms with Gasteiger partial charge in [-0.25, -0.2) is 0 Å². The Balaban J connectivity index is 1.44. The van der Waals surface area contributed by atoms with Crippen LogP contribution < -0.4 is 10.6 Å². The zero-order valence-corrected chi connectivity index (χ0v) is 14.4. The molecule has 1 atom stereocenters. The summed E-state index contributed by atoms with van der Waals surface area (Å²) in [7, 11) is 0. The largest absolute Gasteiger partial charge is 0.322 e. The molecule has 0 saturated carbocycles. The van der Waals surface area contributed by atoms with Crippen molar-refractivity contribution in [3.63, 3.8) is 0 Å². The molecule has 4 rings (SSSR count). The molecule has 1 fully saturated rings. The van der Waals surface area contributed by atoms with Crippen LogP contribution >= 0.6 is 0 Å². The summed E-state index contributed by atoms with van der Waals surface area (Å²) < 4.78 is 0. The molecule has 0 radical (unpaired) electrons. The van der Waals surface area contributed by atoms with Gasteiger partial charge >= 0.3 is 0 Å². The molecule has 2 aromatic carbocycles. The minimum Gasteiger partial charge on any atom is -0.322 e. The van der Waals surface area contributed by atoms with Crippen LogP contribution in [-0.2, 0) is 16.0 Å². The van der Waals surface area contributed by atoms with E-state index in [0.29, 0.717) is 17.7 Å². The van der Waals surface area contributed by atoms with Gasteiger partial charge in [-0.15, -0.1) is 0 Å². The van der Waals surface area contributed by atoms with Crippen molar-refractivity contribution in [3.8, 4) is 0 Å². The van der Waals surface area contributed by atoms with E-state index < -0.39 is 0 Å². The molecule has 0 unspecified atom stereocenters. The summed E-state index contributed by atoms with van der Waals surface area (Å²) in [5.74, 6) is -0.999.